The average molecular weight is 243 g/mol. The maximum atomic E-state index is 4.39. The van der Waals surface area contributed by atoms with E-state index in [1.165, 1.54) is 5.56 Å². The molecular weight excluding hydrogens is 222 g/mol. The van der Waals surface area contributed by atoms with E-state index in [1.807, 2.05) is 29.1 Å². The Labute approximate surface area is 109 Å². The highest BCUT2D eigenvalue weighted by atomic mass is 15.3. The monoisotopic (exact) mass is 243 g/mol. The van der Waals surface area contributed by atoms with Crippen LogP contribution in [0.2, 0.25) is 0 Å². The third kappa shape index (κ3) is 3.70. The van der Waals surface area contributed by atoms with Crippen molar-refractivity contribution in [1.29, 1.82) is 0 Å². The summed E-state index contributed by atoms with van der Waals surface area (Å²) in [6.07, 6.45) is 5.08. The van der Waals surface area contributed by atoms with Crippen LogP contribution in [-0.4, -0.2) is 22.9 Å². The normalized spacial score (nSPS) is 11.1. The Morgan fingerprint density at radius 3 is 2.72 bits per heavy atom. The Kier molecular flexibility index (Phi) is 4.53. The highest BCUT2D eigenvalue weighted by molar-refractivity contribution is 5.30. The molecule has 0 saturated carbocycles. The summed E-state index contributed by atoms with van der Waals surface area (Å²) in [7, 11) is 0. The lowest BCUT2D eigenvalue weighted by Gasteiger charge is -2.05. The largest absolute Gasteiger partial charge is 0.316 e. The second-order valence-electron chi connectivity index (χ2n) is 4.98. The van der Waals surface area contributed by atoms with E-state index < -0.39 is 0 Å². The zero-order chi connectivity index (χ0) is 12.8. The first-order chi connectivity index (χ1) is 8.75. The highest BCUT2D eigenvalue weighted by Gasteiger charge is 2.00. The van der Waals surface area contributed by atoms with Gasteiger partial charge < -0.3 is 5.32 Å². The van der Waals surface area contributed by atoms with Gasteiger partial charge in [-0.2, -0.15) is 5.10 Å². The molecule has 0 unspecified atom stereocenters. The van der Waals surface area contributed by atoms with Gasteiger partial charge >= 0.3 is 0 Å². The molecule has 0 saturated heterocycles. The van der Waals surface area contributed by atoms with Crippen LogP contribution >= 0.6 is 0 Å². The van der Waals surface area contributed by atoms with Gasteiger partial charge in [-0.3, -0.25) is 0 Å². The maximum Gasteiger partial charge on any atom is 0.0645 e. The molecule has 3 heteroatoms. The topological polar surface area (TPSA) is 29.9 Å². The van der Waals surface area contributed by atoms with Gasteiger partial charge in [-0.05, 0) is 43.1 Å². The van der Waals surface area contributed by atoms with Crippen LogP contribution in [0.3, 0.4) is 0 Å². The Bertz CT molecular complexity index is 460. The predicted octanol–water partition coefficient (Wildman–Crippen LogP) is 2.66. The third-order valence-corrected chi connectivity index (χ3v) is 2.80. The minimum atomic E-state index is 0.706. The Morgan fingerprint density at radius 1 is 1.22 bits per heavy atom. The molecule has 0 aliphatic rings. The summed E-state index contributed by atoms with van der Waals surface area (Å²) in [5.74, 6) is 0.706. The number of nitrogens with zero attached hydrogens (tertiary/aromatic N) is 2. The lowest BCUT2D eigenvalue weighted by molar-refractivity contribution is 0.554. The maximum absolute atomic E-state index is 4.39. The summed E-state index contributed by atoms with van der Waals surface area (Å²) in [6.45, 7) is 6.53. The second-order valence-corrected chi connectivity index (χ2v) is 4.98. The molecule has 1 aromatic carbocycles. The van der Waals surface area contributed by atoms with Crippen molar-refractivity contribution in [1.82, 2.24) is 15.1 Å². The van der Waals surface area contributed by atoms with Gasteiger partial charge in [-0.1, -0.05) is 32.0 Å². The Hall–Kier alpha value is -1.61. The van der Waals surface area contributed by atoms with E-state index in [4.69, 9.17) is 0 Å². The summed E-state index contributed by atoms with van der Waals surface area (Å²) in [5, 5.41) is 7.83. The van der Waals surface area contributed by atoms with Crippen LogP contribution in [0, 0.1) is 5.92 Å². The molecule has 1 heterocycles. The average Bonchev–Trinajstić information content (AvgIpc) is 2.84. The number of para-hydroxylation sites is 1. The van der Waals surface area contributed by atoms with Crippen molar-refractivity contribution in [3.05, 3.63) is 48.3 Å². The first kappa shape index (κ1) is 12.8. The van der Waals surface area contributed by atoms with Crippen molar-refractivity contribution in [2.45, 2.75) is 20.3 Å². The zero-order valence-electron chi connectivity index (χ0n) is 11.1. The van der Waals surface area contributed by atoms with E-state index in [-0.39, 0.29) is 0 Å². The van der Waals surface area contributed by atoms with Gasteiger partial charge in [0.05, 0.1) is 11.9 Å². The standard InChI is InChI=1S/C15H21N3/c1-13(2)10-16-9-8-14-11-17-18(12-14)15-6-4-3-5-7-15/h3-7,11-13,16H,8-10H2,1-2H3. The molecule has 3 nitrogen and oxygen atoms in total. The van der Waals surface area contributed by atoms with E-state index >= 15 is 0 Å². The van der Waals surface area contributed by atoms with Crippen LogP contribution in [0.5, 0.6) is 0 Å². The lowest BCUT2D eigenvalue weighted by atomic mass is 10.2. The number of hydrogen-bond donors (Lipinski definition) is 1. The lowest BCUT2D eigenvalue weighted by Crippen LogP contribution is -2.21. The van der Waals surface area contributed by atoms with Crippen molar-refractivity contribution in [3.63, 3.8) is 0 Å². The number of hydrogen-bond acceptors (Lipinski definition) is 2. The van der Waals surface area contributed by atoms with Gasteiger partial charge in [0.2, 0.25) is 0 Å². The molecule has 2 rings (SSSR count). The smallest absolute Gasteiger partial charge is 0.0645 e. The van der Waals surface area contributed by atoms with Crippen LogP contribution in [0.15, 0.2) is 42.7 Å². The molecule has 18 heavy (non-hydrogen) atoms. The Balaban J connectivity index is 1.87. The molecule has 1 aromatic heterocycles. The van der Waals surface area contributed by atoms with Crippen molar-refractivity contribution < 1.29 is 0 Å². The van der Waals surface area contributed by atoms with Crippen LogP contribution in [0.25, 0.3) is 5.69 Å². The Morgan fingerprint density at radius 2 is 2.00 bits per heavy atom. The molecule has 96 valence electrons. The summed E-state index contributed by atoms with van der Waals surface area (Å²) < 4.78 is 1.93. The van der Waals surface area contributed by atoms with Crippen LogP contribution < -0.4 is 5.32 Å². The van der Waals surface area contributed by atoms with E-state index in [9.17, 15) is 0 Å². The number of rotatable bonds is 6. The molecular formula is C15H21N3. The van der Waals surface area contributed by atoms with Gasteiger partial charge in [-0.25, -0.2) is 4.68 Å². The van der Waals surface area contributed by atoms with Crippen molar-refractivity contribution in [2.24, 2.45) is 5.92 Å². The molecule has 0 radical (unpaired) electrons. The summed E-state index contributed by atoms with van der Waals surface area (Å²) in [5.41, 5.74) is 2.38. The van der Waals surface area contributed by atoms with E-state index in [0.717, 1.165) is 25.2 Å². The summed E-state index contributed by atoms with van der Waals surface area (Å²) in [6, 6.07) is 10.2. The molecule has 2 aromatic rings. The molecule has 0 fully saturated rings. The van der Waals surface area contributed by atoms with Crippen molar-refractivity contribution >= 4 is 0 Å². The van der Waals surface area contributed by atoms with Gasteiger partial charge in [0.15, 0.2) is 0 Å². The van der Waals surface area contributed by atoms with Crippen LogP contribution in [-0.2, 0) is 6.42 Å². The molecule has 0 aliphatic heterocycles. The zero-order valence-corrected chi connectivity index (χ0v) is 11.1. The SMILES string of the molecule is CC(C)CNCCc1cnn(-c2ccccc2)c1. The summed E-state index contributed by atoms with van der Waals surface area (Å²) >= 11 is 0. The van der Waals surface area contributed by atoms with Gasteiger partial charge in [0, 0.05) is 6.20 Å². The van der Waals surface area contributed by atoms with Crippen LogP contribution in [0.4, 0.5) is 0 Å². The molecule has 0 aliphatic carbocycles. The predicted molar refractivity (Wildman–Crippen MR) is 75.0 cm³/mol. The van der Waals surface area contributed by atoms with Gasteiger partial charge in [0.25, 0.3) is 0 Å². The number of nitrogens with one attached hydrogen (secondary N) is 1. The first-order valence-corrected chi connectivity index (χ1v) is 6.55. The molecule has 0 atom stereocenters. The fraction of sp³-hybridized carbons (Fsp3) is 0.400. The highest BCUT2D eigenvalue weighted by Crippen LogP contribution is 2.07. The minimum absolute atomic E-state index is 0.706. The quantitative estimate of drug-likeness (QED) is 0.790. The van der Waals surface area contributed by atoms with E-state index in [0.29, 0.717) is 5.92 Å². The molecule has 0 spiro atoms. The second kappa shape index (κ2) is 6.36. The third-order valence-electron chi connectivity index (χ3n) is 2.80. The molecule has 0 amide bonds. The van der Waals surface area contributed by atoms with E-state index in [2.05, 4.69) is 42.6 Å². The summed E-state index contributed by atoms with van der Waals surface area (Å²) in [4.78, 5) is 0. The number of benzene rings is 1. The minimum Gasteiger partial charge on any atom is -0.316 e. The van der Waals surface area contributed by atoms with Crippen LogP contribution in [0.1, 0.15) is 19.4 Å². The molecule has 1 N–H and O–H groups in total. The fourth-order valence-corrected chi connectivity index (χ4v) is 1.83. The van der Waals surface area contributed by atoms with Crippen molar-refractivity contribution in [2.75, 3.05) is 13.1 Å². The first-order valence-electron chi connectivity index (χ1n) is 6.55. The van der Waals surface area contributed by atoms with Crippen molar-refractivity contribution in [3.8, 4) is 5.69 Å². The van der Waals surface area contributed by atoms with Gasteiger partial charge in [-0.15, -0.1) is 0 Å². The van der Waals surface area contributed by atoms with E-state index in [1.54, 1.807) is 0 Å². The van der Waals surface area contributed by atoms with Gasteiger partial charge in [0.1, 0.15) is 0 Å². The fourth-order valence-electron chi connectivity index (χ4n) is 1.83. The number of aromatic nitrogens is 2. The molecule has 0 bridgehead atoms.